The molecule has 150 valence electrons. The van der Waals surface area contributed by atoms with E-state index in [1.54, 1.807) is 10.9 Å². The van der Waals surface area contributed by atoms with Gasteiger partial charge in [-0.1, -0.05) is 0 Å². The van der Waals surface area contributed by atoms with Crippen molar-refractivity contribution in [2.24, 2.45) is 7.05 Å². The van der Waals surface area contributed by atoms with Crippen molar-refractivity contribution < 1.29 is 13.2 Å². The first-order valence-corrected chi connectivity index (χ1v) is 8.95. The molecule has 0 spiro atoms. The second kappa shape index (κ2) is 6.29. The zero-order valence-corrected chi connectivity index (χ0v) is 15.4. The van der Waals surface area contributed by atoms with Crippen molar-refractivity contribution in [1.29, 1.82) is 0 Å². The molecule has 0 aromatic carbocycles. The third-order valence-corrected chi connectivity index (χ3v) is 5.03. The molecule has 5 rings (SSSR count). The van der Waals surface area contributed by atoms with Gasteiger partial charge in [-0.3, -0.25) is 4.68 Å². The lowest BCUT2D eigenvalue weighted by molar-refractivity contribution is -0.140. The summed E-state index contributed by atoms with van der Waals surface area (Å²) in [6.07, 6.45) is 2.69. The van der Waals surface area contributed by atoms with E-state index in [0.717, 1.165) is 23.0 Å². The number of halogens is 3. The minimum absolute atomic E-state index is 0.199. The summed E-state index contributed by atoms with van der Waals surface area (Å²) in [5.41, 5.74) is 0.0243. The quantitative estimate of drug-likeness (QED) is 0.504. The molecule has 0 radical (unpaired) electrons. The van der Waals surface area contributed by atoms with Crippen molar-refractivity contribution in [2.45, 2.75) is 6.18 Å². The number of rotatable bonds is 2. The molecular weight excluding hydrogens is 387 g/mol. The molecule has 0 N–H and O–H groups in total. The zero-order valence-electron chi connectivity index (χ0n) is 15.4. The van der Waals surface area contributed by atoms with Gasteiger partial charge < -0.3 is 14.2 Å². The number of hydrogen-bond donors (Lipinski definition) is 0. The van der Waals surface area contributed by atoms with Crippen molar-refractivity contribution in [1.82, 2.24) is 34.1 Å². The van der Waals surface area contributed by atoms with Gasteiger partial charge in [0.05, 0.1) is 11.6 Å². The van der Waals surface area contributed by atoms with Crippen LogP contribution in [0.25, 0.3) is 16.7 Å². The van der Waals surface area contributed by atoms with Crippen molar-refractivity contribution in [3.05, 3.63) is 36.8 Å². The first-order valence-electron chi connectivity index (χ1n) is 8.95. The van der Waals surface area contributed by atoms with Gasteiger partial charge in [-0.15, -0.1) is 0 Å². The third kappa shape index (κ3) is 2.91. The molecule has 1 fully saturated rings. The maximum absolute atomic E-state index is 13.0. The minimum Gasteiger partial charge on any atom is -0.352 e. The molecule has 4 aromatic heterocycles. The van der Waals surface area contributed by atoms with Crippen LogP contribution >= 0.6 is 0 Å². The van der Waals surface area contributed by atoms with E-state index < -0.39 is 11.9 Å². The first-order chi connectivity index (χ1) is 13.9. The lowest BCUT2D eigenvalue weighted by Gasteiger charge is -2.36. The summed E-state index contributed by atoms with van der Waals surface area (Å²) in [7, 11) is 1.82. The highest BCUT2D eigenvalue weighted by atomic mass is 19.4. The van der Waals surface area contributed by atoms with Gasteiger partial charge in [0.25, 0.3) is 0 Å². The summed E-state index contributed by atoms with van der Waals surface area (Å²) in [4.78, 5) is 20.8. The molecule has 1 aliphatic heterocycles. The van der Waals surface area contributed by atoms with Crippen LogP contribution < -0.4 is 9.80 Å². The molecule has 0 atom stereocenters. The van der Waals surface area contributed by atoms with Gasteiger partial charge in [0.15, 0.2) is 22.8 Å². The molecule has 0 bridgehead atoms. The summed E-state index contributed by atoms with van der Waals surface area (Å²) >= 11 is 0. The fraction of sp³-hybridized carbons (Fsp3) is 0.353. The SMILES string of the molecule is Cn1ncc2c(N3CCN(c4nccn5cc(C(F)(F)F)nc45)CC3)ncnc21. The van der Waals surface area contributed by atoms with Crippen LogP contribution in [0.3, 0.4) is 0 Å². The van der Waals surface area contributed by atoms with Crippen LogP contribution in [-0.2, 0) is 13.2 Å². The molecule has 4 aromatic rings. The largest absolute Gasteiger partial charge is 0.434 e. The van der Waals surface area contributed by atoms with E-state index in [2.05, 4.69) is 29.9 Å². The number of anilines is 2. The molecule has 12 heteroatoms. The Morgan fingerprint density at radius 2 is 1.66 bits per heavy atom. The van der Waals surface area contributed by atoms with E-state index in [1.807, 2.05) is 11.9 Å². The van der Waals surface area contributed by atoms with Crippen LogP contribution in [0.15, 0.2) is 31.1 Å². The van der Waals surface area contributed by atoms with Crippen LogP contribution in [0, 0.1) is 0 Å². The summed E-state index contributed by atoms with van der Waals surface area (Å²) in [5, 5.41) is 5.10. The van der Waals surface area contributed by atoms with E-state index >= 15 is 0 Å². The van der Waals surface area contributed by atoms with Crippen LogP contribution in [0.2, 0.25) is 0 Å². The predicted molar refractivity (Wildman–Crippen MR) is 98.7 cm³/mol. The Balaban J connectivity index is 1.41. The minimum atomic E-state index is -4.50. The zero-order chi connectivity index (χ0) is 20.2. The molecule has 9 nitrogen and oxygen atoms in total. The highest BCUT2D eigenvalue weighted by Crippen LogP contribution is 2.31. The molecule has 0 saturated carbocycles. The number of nitrogens with zero attached hydrogens (tertiary/aromatic N) is 9. The first kappa shape index (κ1) is 17.6. The van der Waals surface area contributed by atoms with Gasteiger partial charge in [-0.05, 0) is 0 Å². The normalized spacial score (nSPS) is 15.6. The topological polar surface area (TPSA) is 80.3 Å². The average Bonchev–Trinajstić information content (AvgIpc) is 3.32. The number of imidazole rings is 1. The maximum atomic E-state index is 13.0. The average molecular weight is 403 g/mol. The van der Waals surface area contributed by atoms with E-state index in [1.165, 1.54) is 23.1 Å². The second-order valence-electron chi connectivity index (χ2n) is 6.78. The molecule has 5 heterocycles. The Hall–Kier alpha value is -3.44. The summed E-state index contributed by atoms with van der Waals surface area (Å²) in [5.74, 6) is 1.24. The Labute approximate surface area is 162 Å². The van der Waals surface area contributed by atoms with Crippen LogP contribution in [0.4, 0.5) is 24.8 Å². The lowest BCUT2D eigenvalue weighted by atomic mass is 10.2. The number of hydrogen-bond acceptors (Lipinski definition) is 7. The Kier molecular flexibility index (Phi) is 3.83. The molecule has 0 amide bonds. The second-order valence-corrected chi connectivity index (χ2v) is 6.78. The fourth-order valence-electron chi connectivity index (χ4n) is 3.60. The number of aryl methyl sites for hydroxylation is 1. The standard InChI is InChI=1S/C17H16F3N9/c1-26-13-11(8-24-26)14(23-10-22-13)27-4-6-28(7-5-27)15-16-25-12(17(18,19)20)9-29(16)3-2-21-15/h2-3,8-10H,4-7H2,1H3. The van der Waals surface area contributed by atoms with Crippen LogP contribution in [0.1, 0.15) is 5.69 Å². The Bertz CT molecular complexity index is 1190. The van der Waals surface area contributed by atoms with E-state index in [0.29, 0.717) is 32.0 Å². The maximum Gasteiger partial charge on any atom is 0.434 e. The Morgan fingerprint density at radius 3 is 2.38 bits per heavy atom. The Morgan fingerprint density at radius 1 is 0.931 bits per heavy atom. The van der Waals surface area contributed by atoms with Gasteiger partial charge in [0, 0.05) is 51.8 Å². The fourth-order valence-corrected chi connectivity index (χ4v) is 3.60. The smallest absolute Gasteiger partial charge is 0.352 e. The number of aromatic nitrogens is 7. The van der Waals surface area contributed by atoms with Crippen LogP contribution in [0.5, 0.6) is 0 Å². The third-order valence-electron chi connectivity index (χ3n) is 5.03. The van der Waals surface area contributed by atoms with E-state index in [9.17, 15) is 13.2 Å². The highest BCUT2D eigenvalue weighted by molar-refractivity contribution is 5.86. The molecule has 29 heavy (non-hydrogen) atoms. The monoisotopic (exact) mass is 403 g/mol. The predicted octanol–water partition coefficient (Wildman–Crippen LogP) is 1.75. The van der Waals surface area contributed by atoms with Gasteiger partial charge in [-0.2, -0.15) is 18.3 Å². The van der Waals surface area contributed by atoms with Crippen molar-refractivity contribution >= 4 is 28.3 Å². The summed E-state index contributed by atoms with van der Waals surface area (Å²) < 4.78 is 42.2. The molecule has 1 saturated heterocycles. The van der Waals surface area contributed by atoms with E-state index in [-0.39, 0.29) is 5.65 Å². The van der Waals surface area contributed by atoms with E-state index in [4.69, 9.17) is 0 Å². The lowest BCUT2D eigenvalue weighted by Crippen LogP contribution is -2.47. The number of alkyl halides is 3. The van der Waals surface area contributed by atoms with Gasteiger partial charge in [-0.25, -0.2) is 19.9 Å². The van der Waals surface area contributed by atoms with Crippen molar-refractivity contribution in [3.8, 4) is 0 Å². The number of piperazine rings is 1. The molecule has 0 aliphatic carbocycles. The van der Waals surface area contributed by atoms with Gasteiger partial charge in [0.1, 0.15) is 12.1 Å². The molecule has 1 aliphatic rings. The van der Waals surface area contributed by atoms with Crippen molar-refractivity contribution in [2.75, 3.05) is 36.0 Å². The number of fused-ring (bicyclic) bond motifs is 2. The van der Waals surface area contributed by atoms with Crippen LogP contribution in [-0.4, -0.2) is 60.3 Å². The molecular formula is C17H16F3N9. The van der Waals surface area contributed by atoms with Crippen molar-refractivity contribution in [3.63, 3.8) is 0 Å². The molecule has 0 unspecified atom stereocenters. The van der Waals surface area contributed by atoms with Gasteiger partial charge in [0.2, 0.25) is 0 Å². The van der Waals surface area contributed by atoms with Gasteiger partial charge >= 0.3 is 6.18 Å². The highest BCUT2D eigenvalue weighted by Gasteiger charge is 2.35. The summed E-state index contributed by atoms with van der Waals surface area (Å²) in [6.45, 7) is 2.42. The summed E-state index contributed by atoms with van der Waals surface area (Å²) in [6, 6.07) is 0.